The molecule has 326 valence electrons. The van der Waals surface area contributed by atoms with Gasteiger partial charge in [-0.2, -0.15) is 0 Å². The van der Waals surface area contributed by atoms with Gasteiger partial charge in [0, 0.05) is 25.7 Å². The van der Waals surface area contributed by atoms with E-state index in [0.29, 0.717) is 25.7 Å². The number of unbranched alkanes of at least 4 members (excludes halogenated alkanes) is 4. The monoisotopic (exact) mass is 838 g/mol. The first-order chi connectivity index (χ1) is 30.2. The van der Waals surface area contributed by atoms with Crippen molar-refractivity contribution in [2.24, 2.45) is 0 Å². The van der Waals surface area contributed by atoms with Gasteiger partial charge in [0.25, 0.3) is 0 Å². The first-order valence-corrected chi connectivity index (χ1v) is 22.4. The molecule has 0 spiro atoms. The van der Waals surface area contributed by atoms with Crippen LogP contribution in [-0.2, 0) is 64.6 Å². The van der Waals surface area contributed by atoms with Crippen molar-refractivity contribution in [2.75, 3.05) is 0 Å². The van der Waals surface area contributed by atoms with Gasteiger partial charge in [-0.15, -0.1) is 0 Å². The van der Waals surface area contributed by atoms with Crippen molar-refractivity contribution in [3.8, 4) is 44.5 Å². The molecule has 0 aliphatic heterocycles. The Morgan fingerprint density at radius 2 is 0.516 bits per heavy atom. The molecule has 8 nitrogen and oxygen atoms in total. The highest BCUT2D eigenvalue weighted by Crippen LogP contribution is 2.42. The van der Waals surface area contributed by atoms with Crippen molar-refractivity contribution >= 4 is 23.9 Å². The van der Waals surface area contributed by atoms with Crippen molar-refractivity contribution in [3.05, 3.63) is 131 Å². The number of benzene rings is 5. The summed E-state index contributed by atoms with van der Waals surface area (Å²) >= 11 is 0. The fourth-order valence-corrected chi connectivity index (χ4v) is 6.91. The number of rotatable bonds is 24. The van der Waals surface area contributed by atoms with E-state index in [1.807, 2.05) is 48.5 Å². The molecular formula is C54H62O8. The predicted octanol–water partition coefficient (Wildman–Crippen LogP) is 13.3. The summed E-state index contributed by atoms with van der Waals surface area (Å²) in [5, 5.41) is 0. The third-order valence-corrected chi connectivity index (χ3v) is 10.8. The number of carbonyl (C=O) groups excluding carboxylic acids is 4. The average molecular weight is 839 g/mol. The van der Waals surface area contributed by atoms with Crippen LogP contribution in [0, 0.1) is 0 Å². The van der Waals surface area contributed by atoms with E-state index >= 15 is 0 Å². The van der Waals surface area contributed by atoms with E-state index in [9.17, 15) is 19.2 Å². The molecular weight excluding hydrogens is 777 g/mol. The summed E-state index contributed by atoms with van der Waals surface area (Å²) in [6.45, 7) is 9.03. The van der Waals surface area contributed by atoms with Gasteiger partial charge in [0.05, 0.1) is 0 Å². The lowest BCUT2D eigenvalue weighted by Gasteiger charge is -2.19. The minimum atomic E-state index is -0.195. The zero-order chi connectivity index (χ0) is 44.1. The second-order valence-corrected chi connectivity index (χ2v) is 15.8. The average Bonchev–Trinajstić information content (AvgIpc) is 3.31. The molecule has 0 aromatic heterocycles. The van der Waals surface area contributed by atoms with E-state index in [-0.39, 0.29) is 50.3 Å². The number of esters is 4. The lowest BCUT2D eigenvalue weighted by Crippen LogP contribution is -2.04. The first kappa shape index (κ1) is 47.0. The number of hydrogen-bond acceptors (Lipinski definition) is 8. The molecule has 0 radical (unpaired) electrons. The molecule has 0 fully saturated rings. The highest BCUT2D eigenvalue weighted by atomic mass is 16.5. The van der Waals surface area contributed by atoms with Gasteiger partial charge >= 0.3 is 23.9 Å². The van der Waals surface area contributed by atoms with Crippen LogP contribution in [0.5, 0.6) is 0 Å². The maximum atomic E-state index is 12.3. The molecule has 0 N–H and O–H groups in total. The third kappa shape index (κ3) is 14.6. The smallest absolute Gasteiger partial charge is 0.306 e. The summed E-state index contributed by atoms with van der Waals surface area (Å²) in [6.07, 6.45) is 8.59. The molecule has 5 aromatic carbocycles. The van der Waals surface area contributed by atoms with E-state index in [0.717, 1.165) is 118 Å². The van der Waals surface area contributed by atoms with Crippen molar-refractivity contribution in [3.63, 3.8) is 0 Å². The lowest BCUT2D eigenvalue weighted by molar-refractivity contribution is -0.146. The molecule has 62 heavy (non-hydrogen) atoms. The quantitative estimate of drug-likeness (QED) is 0.0447. The van der Waals surface area contributed by atoms with Crippen LogP contribution in [0.4, 0.5) is 0 Å². The molecule has 0 aliphatic carbocycles. The molecule has 0 bridgehead atoms. The minimum absolute atomic E-state index is 0.195. The molecule has 0 aliphatic rings. The van der Waals surface area contributed by atoms with Crippen LogP contribution in [0.1, 0.15) is 127 Å². The zero-order valence-corrected chi connectivity index (χ0v) is 37.0. The normalized spacial score (nSPS) is 10.9. The SMILES string of the molecule is CCCCC(=O)OCc1ccc(-c2cc(-c3ccc(COC(=O)CCCC)cc3)c(-c3ccc(COC(=O)CCCC)cc3)cc2-c2ccc(COC(=O)CCCC)cc2)cc1. The predicted molar refractivity (Wildman–Crippen MR) is 245 cm³/mol. The van der Waals surface area contributed by atoms with Crippen molar-refractivity contribution in [1.82, 2.24) is 0 Å². The van der Waals surface area contributed by atoms with E-state index in [2.05, 4.69) is 88.4 Å². The summed E-state index contributed by atoms with van der Waals surface area (Å²) < 4.78 is 22.2. The Morgan fingerprint density at radius 3 is 0.694 bits per heavy atom. The second kappa shape index (κ2) is 25.0. The number of hydrogen-bond donors (Lipinski definition) is 0. The van der Waals surface area contributed by atoms with Crippen molar-refractivity contribution in [1.29, 1.82) is 0 Å². The fraction of sp³-hybridized carbons (Fsp3) is 0.370. The number of ether oxygens (including phenoxy) is 4. The fourth-order valence-electron chi connectivity index (χ4n) is 6.91. The second-order valence-electron chi connectivity index (χ2n) is 15.8. The summed E-state index contributed by atoms with van der Waals surface area (Å²) in [5.41, 5.74) is 11.5. The Kier molecular flexibility index (Phi) is 19.0. The Labute approximate surface area is 368 Å². The number of carbonyl (C=O) groups is 4. The topological polar surface area (TPSA) is 105 Å². The molecule has 0 amide bonds. The van der Waals surface area contributed by atoms with Crippen LogP contribution in [0.2, 0.25) is 0 Å². The Morgan fingerprint density at radius 1 is 0.323 bits per heavy atom. The summed E-state index contributed by atoms with van der Waals surface area (Å²) in [5.74, 6) is -0.780. The van der Waals surface area contributed by atoms with Gasteiger partial charge in [0.2, 0.25) is 0 Å². The van der Waals surface area contributed by atoms with Crippen LogP contribution >= 0.6 is 0 Å². The van der Waals surface area contributed by atoms with Crippen LogP contribution in [0.15, 0.2) is 109 Å². The standard InChI is InChI=1S/C54H62O8/c1-5-9-13-51(55)59-35-39-17-25-43(26-18-39)47-33-49(45-29-21-41(22-30-45)37-61-53(57)15-11-7-3)50(46-31-23-42(24-32-46)38-62-54(58)16-12-8-4)34-48(47)44-27-19-40(20-28-44)36-60-52(56)14-10-6-2/h17-34H,5-16,35-38H2,1-4H3. The summed E-state index contributed by atoms with van der Waals surface area (Å²) in [6, 6.07) is 36.9. The zero-order valence-electron chi connectivity index (χ0n) is 37.0. The van der Waals surface area contributed by atoms with E-state index in [4.69, 9.17) is 18.9 Å². The lowest BCUT2D eigenvalue weighted by atomic mass is 9.85. The van der Waals surface area contributed by atoms with Gasteiger partial charge in [-0.3, -0.25) is 19.2 Å². The summed E-state index contributed by atoms with van der Waals surface area (Å²) in [4.78, 5) is 49.1. The van der Waals surface area contributed by atoms with Crippen LogP contribution in [-0.4, -0.2) is 23.9 Å². The molecule has 0 saturated heterocycles. The molecule has 8 heteroatoms. The molecule has 5 rings (SSSR count). The van der Waals surface area contributed by atoms with Crippen LogP contribution in [0.3, 0.4) is 0 Å². The van der Waals surface area contributed by atoms with Crippen LogP contribution < -0.4 is 0 Å². The maximum Gasteiger partial charge on any atom is 0.306 e. The van der Waals surface area contributed by atoms with Gasteiger partial charge in [-0.25, -0.2) is 0 Å². The molecule has 5 aromatic rings. The Hall–Kier alpha value is -6.02. The Bertz CT molecular complexity index is 1870. The molecule has 0 atom stereocenters. The first-order valence-electron chi connectivity index (χ1n) is 22.4. The van der Waals surface area contributed by atoms with Gasteiger partial charge in [-0.1, -0.05) is 150 Å². The van der Waals surface area contributed by atoms with E-state index < -0.39 is 0 Å². The van der Waals surface area contributed by atoms with Gasteiger partial charge < -0.3 is 18.9 Å². The highest BCUT2D eigenvalue weighted by molar-refractivity contribution is 5.95. The van der Waals surface area contributed by atoms with Crippen molar-refractivity contribution in [2.45, 2.75) is 131 Å². The third-order valence-electron chi connectivity index (χ3n) is 10.8. The van der Waals surface area contributed by atoms with Gasteiger partial charge in [-0.05, 0) is 105 Å². The largest absolute Gasteiger partial charge is 0.461 e. The molecule has 0 heterocycles. The maximum absolute atomic E-state index is 12.3. The van der Waals surface area contributed by atoms with Crippen LogP contribution in [0.25, 0.3) is 44.5 Å². The Balaban J connectivity index is 1.56. The van der Waals surface area contributed by atoms with E-state index in [1.165, 1.54) is 0 Å². The minimum Gasteiger partial charge on any atom is -0.461 e. The highest BCUT2D eigenvalue weighted by Gasteiger charge is 2.18. The van der Waals surface area contributed by atoms with Gasteiger partial charge in [0.1, 0.15) is 26.4 Å². The van der Waals surface area contributed by atoms with E-state index in [1.54, 1.807) is 0 Å². The molecule has 0 saturated carbocycles. The van der Waals surface area contributed by atoms with Crippen molar-refractivity contribution < 1.29 is 38.1 Å². The van der Waals surface area contributed by atoms with Gasteiger partial charge in [0.15, 0.2) is 0 Å². The summed E-state index contributed by atoms with van der Waals surface area (Å²) in [7, 11) is 0. The molecule has 0 unspecified atom stereocenters.